The predicted molar refractivity (Wildman–Crippen MR) is 94.7 cm³/mol. The highest BCUT2D eigenvalue weighted by atomic mass is 19.4. The summed E-state index contributed by atoms with van der Waals surface area (Å²) in [6.45, 7) is 0.902. The Morgan fingerprint density at radius 3 is 1.76 bits per heavy atom. The largest absolute Gasteiger partial charge is 0.416 e. The highest BCUT2D eigenvalue weighted by molar-refractivity contribution is 5.33. The number of likely N-dealkylation sites (N-methyl/N-ethyl adjacent to an activating group) is 1. The molecule has 2 unspecified atom stereocenters. The highest BCUT2D eigenvalue weighted by Crippen LogP contribution is 2.37. The second-order valence-electron chi connectivity index (χ2n) is 7.05. The first-order valence-electron chi connectivity index (χ1n) is 8.57. The van der Waals surface area contributed by atoms with Crippen LogP contribution < -0.4 is 0 Å². The fraction of sp³-hybridized carbons (Fsp3) is 0.400. The van der Waals surface area contributed by atoms with Gasteiger partial charge < -0.3 is 9.84 Å². The van der Waals surface area contributed by atoms with Crippen molar-refractivity contribution in [3.8, 4) is 0 Å². The molecule has 0 saturated heterocycles. The van der Waals surface area contributed by atoms with Crippen LogP contribution in [0.4, 0.5) is 26.3 Å². The molecule has 0 radical (unpaired) electrons. The molecular formula is C20H21F6NO2. The highest BCUT2D eigenvalue weighted by Gasteiger charge is 2.38. The summed E-state index contributed by atoms with van der Waals surface area (Å²) in [6.07, 6.45) is -10.9. The Morgan fingerprint density at radius 2 is 1.34 bits per heavy atom. The molecule has 0 aliphatic carbocycles. The summed E-state index contributed by atoms with van der Waals surface area (Å²) in [6, 6.07) is 9.70. The van der Waals surface area contributed by atoms with Gasteiger partial charge in [0.1, 0.15) is 11.8 Å². The number of hydrogen-bond acceptors (Lipinski definition) is 3. The van der Waals surface area contributed by atoms with E-state index in [1.165, 1.54) is 11.8 Å². The Labute approximate surface area is 164 Å². The third-order valence-corrected chi connectivity index (χ3v) is 4.36. The van der Waals surface area contributed by atoms with E-state index in [1.54, 1.807) is 44.4 Å². The lowest BCUT2D eigenvalue weighted by Crippen LogP contribution is -2.47. The number of nitrogens with zero attached hydrogens (tertiary/aromatic N) is 1. The van der Waals surface area contributed by atoms with Crippen molar-refractivity contribution in [3.63, 3.8) is 0 Å². The van der Waals surface area contributed by atoms with Crippen LogP contribution in [0.3, 0.4) is 0 Å². The predicted octanol–water partition coefficient (Wildman–Crippen LogP) is 5.04. The van der Waals surface area contributed by atoms with Crippen LogP contribution in [0.2, 0.25) is 0 Å². The van der Waals surface area contributed by atoms with Crippen molar-refractivity contribution in [2.45, 2.75) is 37.7 Å². The first-order chi connectivity index (χ1) is 13.2. The smallest absolute Gasteiger partial charge is 0.381 e. The summed E-state index contributed by atoms with van der Waals surface area (Å²) in [5, 5.41) is 10.9. The molecule has 2 atom stereocenters. The van der Waals surface area contributed by atoms with E-state index >= 15 is 0 Å². The van der Waals surface area contributed by atoms with Gasteiger partial charge in [0.2, 0.25) is 0 Å². The van der Waals surface area contributed by atoms with Gasteiger partial charge in [-0.2, -0.15) is 26.3 Å². The van der Waals surface area contributed by atoms with Crippen molar-refractivity contribution >= 4 is 0 Å². The first-order valence-corrected chi connectivity index (χ1v) is 8.57. The average molecular weight is 421 g/mol. The molecule has 0 heterocycles. The van der Waals surface area contributed by atoms with E-state index in [0.29, 0.717) is 17.7 Å². The third kappa shape index (κ3) is 5.71. The second kappa shape index (κ2) is 8.33. The number of rotatable bonds is 6. The van der Waals surface area contributed by atoms with Gasteiger partial charge in [-0.15, -0.1) is 0 Å². The van der Waals surface area contributed by atoms with Gasteiger partial charge >= 0.3 is 12.4 Å². The molecule has 0 saturated carbocycles. The minimum absolute atomic E-state index is 0.0626. The van der Waals surface area contributed by atoms with Crippen molar-refractivity contribution < 1.29 is 36.2 Å². The summed E-state index contributed by atoms with van der Waals surface area (Å²) in [5.41, 5.74) is -4.22. The number of halogens is 6. The molecule has 0 bridgehead atoms. The molecule has 2 aromatic rings. The molecule has 0 fully saturated rings. The van der Waals surface area contributed by atoms with Crippen LogP contribution in [0, 0.1) is 0 Å². The normalized spacial score (nSPS) is 16.0. The zero-order valence-corrected chi connectivity index (χ0v) is 16.0. The van der Waals surface area contributed by atoms with Crippen LogP contribution in [0.25, 0.3) is 0 Å². The second-order valence-corrected chi connectivity index (χ2v) is 7.05. The molecule has 3 nitrogen and oxygen atoms in total. The van der Waals surface area contributed by atoms with E-state index in [2.05, 4.69) is 0 Å². The summed E-state index contributed by atoms with van der Waals surface area (Å²) in [4.78, 5) is 1.49. The van der Waals surface area contributed by atoms with Gasteiger partial charge in [-0.1, -0.05) is 30.3 Å². The van der Waals surface area contributed by atoms with Gasteiger partial charge in [0.25, 0.3) is 0 Å². The summed E-state index contributed by atoms with van der Waals surface area (Å²) >= 11 is 0. The van der Waals surface area contributed by atoms with E-state index < -0.39 is 41.9 Å². The maximum absolute atomic E-state index is 13.0. The summed E-state index contributed by atoms with van der Waals surface area (Å²) in [5.74, 6) is 0. The Hall–Kier alpha value is -2.10. The minimum Gasteiger partial charge on any atom is -0.381 e. The monoisotopic (exact) mass is 421 g/mol. The van der Waals surface area contributed by atoms with Gasteiger partial charge in [-0.3, -0.25) is 4.90 Å². The van der Waals surface area contributed by atoms with E-state index in [-0.39, 0.29) is 11.6 Å². The van der Waals surface area contributed by atoms with Gasteiger partial charge in [0, 0.05) is 0 Å². The first kappa shape index (κ1) is 23.2. The SMILES string of the molecule is CN(C)C(OCc1cc(C(F)(F)F)cc(C(F)(F)F)c1)C(C)(O)c1ccccc1. The Bertz CT molecular complexity index is 784. The molecule has 29 heavy (non-hydrogen) atoms. The van der Waals surface area contributed by atoms with Crippen LogP contribution in [0.5, 0.6) is 0 Å². The van der Waals surface area contributed by atoms with Crippen LogP contribution in [-0.2, 0) is 29.3 Å². The van der Waals surface area contributed by atoms with E-state index in [4.69, 9.17) is 4.74 Å². The van der Waals surface area contributed by atoms with Crippen molar-refractivity contribution in [2.75, 3.05) is 14.1 Å². The Balaban J connectivity index is 2.34. The molecule has 0 amide bonds. The lowest BCUT2D eigenvalue weighted by atomic mass is 9.93. The number of ether oxygens (including phenoxy) is 1. The topological polar surface area (TPSA) is 32.7 Å². The van der Waals surface area contributed by atoms with Crippen LogP contribution in [0.15, 0.2) is 48.5 Å². The minimum atomic E-state index is -4.94. The third-order valence-electron chi connectivity index (χ3n) is 4.36. The number of hydrogen-bond donors (Lipinski definition) is 1. The number of aliphatic hydroxyl groups is 1. The molecule has 0 spiro atoms. The zero-order chi connectivity index (χ0) is 22.0. The van der Waals surface area contributed by atoms with Crippen molar-refractivity contribution in [3.05, 3.63) is 70.8 Å². The lowest BCUT2D eigenvalue weighted by molar-refractivity contribution is -0.170. The molecule has 1 N–H and O–H groups in total. The van der Waals surface area contributed by atoms with Crippen molar-refractivity contribution in [2.24, 2.45) is 0 Å². The lowest BCUT2D eigenvalue weighted by Gasteiger charge is -2.37. The van der Waals surface area contributed by atoms with E-state index in [0.717, 1.165) is 0 Å². The number of benzene rings is 2. The molecule has 2 rings (SSSR count). The Kier molecular flexibility index (Phi) is 6.66. The van der Waals surface area contributed by atoms with Gasteiger partial charge in [-0.25, -0.2) is 0 Å². The van der Waals surface area contributed by atoms with E-state index in [9.17, 15) is 31.4 Å². The van der Waals surface area contributed by atoms with Crippen molar-refractivity contribution in [1.29, 1.82) is 0 Å². The standard InChI is InChI=1S/C20H21F6NO2/c1-18(28,14-7-5-4-6-8-14)17(27(2)3)29-12-13-9-15(19(21,22)23)11-16(10-13)20(24,25)26/h4-11,17,28H,12H2,1-3H3. The zero-order valence-electron chi connectivity index (χ0n) is 16.0. The molecule has 2 aromatic carbocycles. The van der Waals surface area contributed by atoms with Crippen molar-refractivity contribution in [1.82, 2.24) is 4.90 Å². The summed E-state index contributed by atoms with van der Waals surface area (Å²) in [7, 11) is 3.16. The molecule has 0 aromatic heterocycles. The van der Waals surface area contributed by atoms with E-state index in [1.807, 2.05) is 0 Å². The molecular weight excluding hydrogens is 400 g/mol. The maximum Gasteiger partial charge on any atom is 0.416 e. The number of alkyl halides is 6. The maximum atomic E-state index is 13.0. The fourth-order valence-electron chi connectivity index (χ4n) is 3.01. The Morgan fingerprint density at radius 1 is 0.862 bits per heavy atom. The van der Waals surface area contributed by atoms with Crippen LogP contribution >= 0.6 is 0 Å². The summed E-state index contributed by atoms with van der Waals surface area (Å²) < 4.78 is 83.7. The quantitative estimate of drug-likeness (QED) is 0.524. The fourth-order valence-corrected chi connectivity index (χ4v) is 3.01. The molecule has 0 aliphatic heterocycles. The van der Waals surface area contributed by atoms with Crippen LogP contribution in [0.1, 0.15) is 29.2 Å². The van der Waals surface area contributed by atoms with Gasteiger partial charge in [-0.05, 0) is 50.3 Å². The van der Waals surface area contributed by atoms with Gasteiger partial charge in [0.05, 0.1) is 17.7 Å². The molecule has 160 valence electrons. The molecule has 0 aliphatic rings. The molecule has 9 heteroatoms. The average Bonchev–Trinajstić information content (AvgIpc) is 2.60. The van der Waals surface area contributed by atoms with Crippen LogP contribution in [-0.4, -0.2) is 30.3 Å². The van der Waals surface area contributed by atoms with Gasteiger partial charge in [0.15, 0.2) is 0 Å².